The van der Waals surface area contributed by atoms with E-state index in [1.165, 1.54) is 0 Å². The van der Waals surface area contributed by atoms with Crippen molar-refractivity contribution < 1.29 is 14.3 Å². The third-order valence-corrected chi connectivity index (χ3v) is 5.76. The number of amides is 1. The number of morpholine rings is 1. The van der Waals surface area contributed by atoms with Gasteiger partial charge >= 0.3 is 0 Å². The predicted molar refractivity (Wildman–Crippen MR) is 93.1 cm³/mol. The number of likely N-dealkylation sites (tertiary alicyclic amines) is 1. The zero-order chi connectivity index (χ0) is 17.3. The van der Waals surface area contributed by atoms with E-state index < -0.39 is 0 Å². The second-order valence-corrected chi connectivity index (χ2v) is 7.55. The first kappa shape index (κ1) is 16.9. The van der Waals surface area contributed by atoms with E-state index in [2.05, 4.69) is 9.88 Å². The number of piperidine rings is 1. The molecule has 0 unspecified atom stereocenters. The number of pyridine rings is 1. The van der Waals surface area contributed by atoms with Gasteiger partial charge < -0.3 is 14.4 Å². The minimum absolute atomic E-state index is 0.0700. The van der Waals surface area contributed by atoms with Crippen molar-refractivity contribution in [1.82, 2.24) is 14.8 Å². The smallest absolute Gasteiger partial charge is 0.249 e. The molecular weight excluding hydrogens is 318 g/mol. The van der Waals surface area contributed by atoms with Crippen LogP contribution in [0.3, 0.4) is 0 Å². The van der Waals surface area contributed by atoms with E-state index in [4.69, 9.17) is 9.47 Å². The van der Waals surface area contributed by atoms with Gasteiger partial charge in [0.1, 0.15) is 6.61 Å². The molecule has 136 valence electrons. The number of carbonyl (C=O) groups is 1. The Hall–Kier alpha value is -1.50. The van der Waals surface area contributed by atoms with E-state index in [1.807, 2.05) is 30.0 Å². The lowest BCUT2D eigenvalue weighted by Crippen LogP contribution is -2.59. The summed E-state index contributed by atoms with van der Waals surface area (Å²) >= 11 is 0. The zero-order valence-corrected chi connectivity index (χ0v) is 14.9. The first-order valence-corrected chi connectivity index (χ1v) is 9.30. The molecule has 3 aliphatic rings. The quantitative estimate of drug-likeness (QED) is 0.828. The van der Waals surface area contributed by atoms with Crippen molar-refractivity contribution in [2.24, 2.45) is 0 Å². The minimum atomic E-state index is -0.187. The molecule has 1 aromatic heterocycles. The van der Waals surface area contributed by atoms with Crippen molar-refractivity contribution in [2.45, 2.75) is 44.4 Å². The van der Waals surface area contributed by atoms with Crippen LogP contribution in [0.2, 0.25) is 0 Å². The molecule has 1 spiro atoms. The van der Waals surface area contributed by atoms with Crippen LogP contribution in [0, 0.1) is 6.92 Å². The molecule has 0 N–H and O–H groups in total. The fourth-order valence-electron chi connectivity index (χ4n) is 4.22. The molecule has 0 radical (unpaired) electrons. The molecular formula is C19H27N3O3. The van der Waals surface area contributed by atoms with Gasteiger partial charge in [-0.05, 0) is 38.3 Å². The molecule has 0 aliphatic carbocycles. The molecule has 0 aromatic carbocycles. The molecule has 3 fully saturated rings. The molecule has 0 bridgehead atoms. The number of aromatic nitrogens is 1. The highest BCUT2D eigenvalue weighted by Crippen LogP contribution is 2.32. The first-order chi connectivity index (χ1) is 12.1. The average molecular weight is 345 g/mol. The maximum Gasteiger partial charge on any atom is 0.249 e. The van der Waals surface area contributed by atoms with Gasteiger partial charge in [0.2, 0.25) is 5.91 Å². The fourth-order valence-corrected chi connectivity index (χ4v) is 4.22. The van der Waals surface area contributed by atoms with E-state index in [9.17, 15) is 4.79 Å². The molecule has 0 saturated carbocycles. The number of hydrogen-bond donors (Lipinski definition) is 0. The number of carbonyl (C=O) groups excluding carboxylic acids is 1. The topological polar surface area (TPSA) is 54.9 Å². The summed E-state index contributed by atoms with van der Waals surface area (Å²) in [6.07, 6.45) is 3.10. The van der Waals surface area contributed by atoms with Gasteiger partial charge in [0.25, 0.3) is 0 Å². The maximum atomic E-state index is 12.3. The molecule has 6 nitrogen and oxygen atoms in total. The summed E-state index contributed by atoms with van der Waals surface area (Å²) in [6, 6.07) is 6.54. The molecule has 4 heterocycles. The van der Waals surface area contributed by atoms with Crippen molar-refractivity contribution in [2.75, 3.05) is 39.5 Å². The highest BCUT2D eigenvalue weighted by Gasteiger charge is 2.43. The summed E-state index contributed by atoms with van der Waals surface area (Å²) < 4.78 is 11.6. The van der Waals surface area contributed by atoms with Crippen LogP contribution in [0.1, 0.15) is 30.7 Å². The van der Waals surface area contributed by atoms with Crippen LogP contribution < -0.4 is 0 Å². The monoisotopic (exact) mass is 345 g/mol. The van der Waals surface area contributed by atoms with Crippen molar-refractivity contribution in [3.8, 4) is 0 Å². The number of ether oxygens (including phenoxy) is 2. The summed E-state index contributed by atoms with van der Waals surface area (Å²) in [5.41, 5.74) is 1.75. The highest BCUT2D eigenvalue weighted by atomic mass is 16.5. The second-order valence-electron chi connectivity index (χ2n) is 7.55. The lowest BCUT2D eigenvalue weighted by atomic mass is 9.88. The molecule has 4 rings (SSSR count). The molecule has 1 atom stereocenters. The van der Waals surface area contributed by atoms with Crippen molar-refractivity contribution in [1.29, 1.82) is 0 Å². The minimum Gasteiger partial charge on any atom is -0.380 e. The molecule has 1 aromatic rings. The van der Waals surface area contributed by atoms with Gasteiger partial charge in [-0.3, -0.25) is 14.7 Å². The molecule has 3 aliphatic heterocycles. The normalized spacial score (nSPS) is 27.2. The Morgan fingerprint density at radius 2 is 2.16 bits per heavy atom. The number of aryl methyl sites for hydroxylation is 1. The van der Waals surface area contributed by atoms with Crippen LogP contribution in [-0.4, -0.2) is 71.8 Å². The van der Waals surface area contributed by atoms with Crippen LogP contribution in [-0.2, 0) is 20.8 Å². The Kier molecular flexibility index (Phi) is 4.75. The summed E-state index contributed by atoms with van der Waals surface area (Å²) in [5, 5.41) is 0. The molecule has 6 heteroatoms. The first-order valence-electron chi connectivity index (χ1n) is 9.30. The zero-order valence-electron chi connectivity index (χ0n) is 14.9. The van der Waals surface area contributed by atoms with Crippen LogP contribution in [0.5, 0.6) is 0 Å². The van der Waals surface area contributed by atoms with Crippen molar-refractivity contribution in [3.05, 3.63) is 29.6 Å². The van der Waals surface area contributed by atoms with Crippen molar-refractivity contribution >= 4 is 5.91 Å². The van der Waals surface area contributed by atoms with Gasteiger partial charge in [-0.1, -0.05) is 6.07 Å². The van der Waals surface area contributed by atoms with Crippen LogP contribution in [0.4, 0.5) is 0 Å². The Bertz CT molecular complexity index is 622. The molecule has 3 saturated heterocycles. The fraction of sp³-hybridized carbons (Fsp3) is 0.684. The Morgan fingerprint density at radius 3 is 2.88 bits per heavy atom. The number of hydrogen-bond acceptors (Lipinski definition) is 5. The van der Waals surface area contributed by atoms with Crippen LogP contribution in [0.25, 0.3) is 0 Å². The van der Waals surface area contributed by atoms with Crippen LogP contribution >= 0.6 is 0 Å². The Labute approximate surface area is 149 Å². The standard InChI is InChI=1S/C19H27N3O3/c1-15-3-2-4-16(20-15)11-22-14-19(25-13-18(22)23)6-8-21(9-7-19)17-5-10-24-12-17/h2-4,17H,5-14H2,1H3/t17-/m0/s1. The van der Waals surface area contributed by atoms with Crippen molar-refractivity contribution in [3.63, 3.8) is 0 Å². The lowest BCUT2D eigenvalue weighted by molar-refractivity contribution is -0.173. The van der Waals surface area contributed by atoms with Gasteiger partial charge in [-0.2, -0.15) is 0 Å². The Balaban J connectivity index is 1.39. The van der Waals surface area contributed by atoms with Crippen LogP contribution in [0.15, 0.2) is 18.2 Å². The lowest BCUT2D eigenvalue weighted by Gasteiger charge is -2.47. The largest absolute Gasteiger partial charge is 0.380 e. The maximum absolute atomic E-state index is 12.3. The highest BCUT2D eigenvalue weighted by molar-refractivity contribution is 5.78. The predicted octanol–water partition coefficient (Wildman–Crippen LogP) is 1.37. The Morgan fingerprint density at radius 1 is 1.32 bits per heavy atom. The van der Waals surface area contributed by atoms with Gasteiger partial charge in [0.05, 0.1) is 31.0 Å². The number of rotatable bonds is 3. The second kappa shape index (κ2) is 7.02. The van der Waals surface area contributed by atoms with Gasteiger partial charge in [0, 0.05) is 31.4 Å². The summed E-state index contributed by atoms with van der Waals surface area (Å²) in [6.45, 7) is 7.22. The average Bonchev–Trinajstić information content (AvgIpc) is 3.14. The summed E-state index contributed by atoms with van der Waals surface area (Å²) in [7, 11) is 0. The number of nitrogens with zero attached hydrogens (tertiary/aromatic N) is 3. The summed E-state index contributed by atoms with van der Waals surface area (Å²) in [4.78, 5) is 21.3. The molecule has 1 amide bonds. The van der Waals surface area contributed by atoms with E-state index in [-0.39, 0.29) is 18.1 Å². The van der Waals surface area contributed by atoms with E-state index in [0.29, 0.717) is 19.1 Å². The SMILES string of the molecule is Cc1cccc(CN2CC3(CCN([C@H]4CCOC4)CC3)OCC2=O)n1. The third-order valence-electron chi connectivity index (χ3n) is 5.76. The van der Waals surface area contributed by atoms with Gasteiger partial charge in [-0.15, -0.1) is 0 Å². The van der Waals surface area contributed by atoms with E-state index >= 15 is 0 Å². The van der Waals surface area contributed by atoms with E-state index in [1.54, 1.807) is 0 Å². The third kappa shape index (κ3) is 3.71. The van der Waals surface area contributed by atoms with Gasteiger partial charge in [-0.25, -0.2) is 0 Å². The molecule has 25 heavy (non-hydrogen) atoms. The van der Waals surface area contributed by atoms with E-state index in [0.717, 1.165) is 57.0 Å². The van der Waals surface area contributed by atoms with Gasteiger partial charge in [0.15, 0.2) is 0 Å². The summed E-state index contributed by atoms with van der Waals surface area (Å²) in [5.74, 6) is 0.0700.